The molecule has 0 aliphatic carbocycles. The summed E-state index contributed by atoms with van der Waals surface area (Å²) in [7, 11) is 0. The molecule has 1 saturated heterocycles. The van der Waals surface area contributed by atoms with E-state index in [0.29, 0.717) is 11.5 Å². The molecular weight excluding hydrogens is 204 g/mol. The summed E-state index contributed by atoms with van der Waals surface area (Å²) in [5, 5.41) is 5.89. The quantitative estimate of drug-likeness (QED) is 0.684. The van der Waals surface area contributed by atoms with E-state index in [1.165, 1.54) is 0 Å². The Morgan fingerprint density at radius 2 is 2.44 bits per heavy atom. The van der Waals surface area contributed by atoms with Crippen LogP contribution in [-0.2, 0) is 4.79 Å². The van der Waals surface area contributed by atoms with Crippen molar-refractivity contribution in [3.05, 3.63) is 17.8 Å². The lowest BCUT2D eigenvalue weighted by Gasteiger charge is -2.23. The van der Waals surface area contributed by atoms with Crippen LogP contribution in [0, 0.1) is 6.92 Å². The number of hydrogen-bond donors (Lipinski definition) is 3. The van der Waals surface area contributed by atoms with Crippen molar-refractivity contribution in [3.63, 3.8) is 0 Å². The Bertz CT molecular complexity index is 405. The maximum atomic E-state index is 11.5. The molecule has 1 amide bonds. The van der Waals surface area contributed by atoms with Gasteiger partial charge in [-0.1, -0.05) is 0 Å². The van der Waals surface area contributed by atoms with Crippen LogP contribution in [0.5, 0.6) is 0 Å². The molecule has 1 aromatic heterocycles. The summed E-state index contributed by atoms with van der Waals surface area (Å²) in [5.41, 5.74) is 7.42. The fourth-order valence-corrected chi connectivity index (χ4v) is 1.79. The van der Waals surface area contributed by atoms with Crippen LogP contribution >= 0.6 is 0 Å². The van der Waals surface area contributed by atoms with Crippen molar-refractivity contribution < 1.29 is 4.79 Å². The molecule has 86 valence electrons. The average molecular weight is 220 g/mol. The molecule has 4 N–H and O–H groups in total. The van der Waals surface area contributed by atoms with E-state index in [1.807, 2.05) is 13.0 Å². The van der Waals surface area contributed by atoms with Crippen LogP contribution < -0.4 is 16.4 Å². The molecule has 1 unspecified atom stereocenters. The minimum absolute atomic E-state index is 0.0213. The van der Waals surface area contributed by atoms with Crippen molar-refractivity contribution in [2.45, 2.75) is 25.8 Å². The molecule has 1 atom stereocenters. The number of carbonyl (C=O) groups is 1. The lowest BCUT2D eigenvalue weighted by molar-refractivity contribution is -0.123. The number of pyridine rings is 1. The molecule has 16 heavy (non-hydrogen) atoms. The Morgan fingerprint density at radius 1 is 1.62 bits per heavy atom. The van der Waals surface area contributed by atoms with Crippen LogP contribution in [0.3, 0.4) is 0 Å². The summed E-state index contributed by atoms with van der Waals surface area (Å²) in [5.74, 6) is 0.612. The van der Waals surface area contributed by atoms with Gasteiger partial charge >= 0.3 is 0 Å². The minimum atomic E-state index is -0.216. The zero-order valence-electron chi connectivity index (χ0n) is 9.29. The van der Waals surface area contributed by atoms with Gasteiger partial charge in [0.05, 0.1) is 5.69 Å². The predicted octanol–water partition coefficient (Wildman–Crippen LogP) is 0.663. The predicted molar refractivity (Wildman–Crippen MR) is 63.0 cm³/mol. The molecule has 2 rings (SSSR count). The molecule has 0 spiro atoms. The second kappa shape index (κ2) is 4.38. The first-order chi connectivity index (χ1) is 7.66. The van der Waals surface area contributed by atoms with Crippen molar-refractivity contribution in [1.82, 2.24) is 10.3 Å². The highest BCUT2D eigenvalue weighted by molar-refractivity contribution is 5.85. The Hall–Kier alpha value is -1.78. The van der Waals surface area contributed by atoms with Crippen molar-refractivity contribution in [3.8, 4) is 0 Å². The van der Waals surface area contributed by atoms with E-state index in [0.717, 1.165) is 24.9 Å². The van der Waals surface area contributed by atoms with Gasteiger partial charge in [0.15, 0.2) is 0 Å². The second-order valence-electron chi connectivity index (χ2n) is 4.08. The number of aromatic nitrogens is 1. The second-order valence-corrected chi connectivity index (χ2v) is 4.08. The van der Waals surface area contributed by atoms with Crippen molar-refractivity contribution >= 4 is 17.4 Å². The van der Waals surface area contributed by atoms with Gasteiger partial charge in [-0.3, -0.25) is 4.79 Å². The van der Waals surface area contributed by atoms with E-state index in [2.05, 4.69) is 15.6 Å². The fourth-order valence-electron chi connectivity index (χ4n) is 1.79. The van der Waals surface area contributed by atoms with Crippen molar-refractivity contribution in [2.24, 2.45) is 0 Å². The number of anilines is 2. The van der Waals surface area contributed by atoms with Gasteiger partial charge in [0, 0.05) is 12.7 Å². The lowest BCUT2D eigenvalue weighted by Crippen LogP contribution is -2.44. The van der Waals surface area contributed by atoms with E-state index in [1.54, 1.807) is 6.20 Å². The zero-order chi connectivity index (χ0) is 11.5. The number of nitrogens with zero attached hydrogens (tertiary/aromatic N) is 1. The first-order valence-corrected chi connectivity index (χ1v) is 5.43. The summed E-state index contributed by atoms with van der Waals surface area (Å²) < 4.78 is 0. The summed E-state index contributed by atoms with van der Waals surface area (Å²) in [6.07, 6.45) is 3.54. The van der Waals surface area contributed by atoms with Gasteiger partial charge in [-0.15, -0.1) is 0 Å². The molecule has 1 fully saturated rings. The Morgan fingerprint density at radius 3 is 3.12 bits per heavy atom. The normalized spacial score (nSPS) is 20.3. The van der Waals surface area contributed by atoms with E-state index < -0.39 is 0 Å². The Kier molecular flexibility index (Phi) is 2.94. The number of hydrogen-bond acceptors (Lipinski definition) is 4. The van der Waals surface area contributed by atoms with Gasteiger partial charge < -0.3 is 16.4 Å². The number of rotatable bonds is 2. The number of carbonyl (C=O) groups excluding carboxylic acids is 1. The molecule has 1 aliphatic rings. The Balaban J connectivity index is 2.10. The number of aryl methyl sites for hydroxylation is 1. The molecule has 0 aromatic carbocycles. The molecule has 5 heteroatoms. The highest BCUT2D eigenvalue weighted by atomic mass is 16.2. The molecule has 2 heterocycles. The van der Waals surface area contributed by atoms with E-state index >= 15 is 0 Å². The SMILES string of the molecule is Cc1cnc(NC2CCCNC2=O)c(N)c1. The third kappa shape index (κ3) is 2.24. The van der Waals surface area contributed by atoms with Gasteiger partial charge in [0.1, 0.15) is 11.9 Å². The van der Waals surface area contributed by atoms with Gasteiger partial charge in [-0.05, 0) is 31.4 Å². The third-order valence-electron chi connectivity index (χ3n) is 2.65. The minimum Gasteiger partial charge on any atom is -0.396 e. The van der Waals surface area contributed by atoms with Gasteiger partial charge in [-0.2, -0.15) is 0 Å². The number of piperidine rings is 1. The number of nitrogens with two attached hydrogens (primary N) is 1. The number of nitrogen functional groups attached to an aromatic ring is 1. The van der Waals surface area contributed by atoms with Crippen LogP contribution in [0.4, 0.5) is 11.5 Å². The highest BCUT2D eigenvalue weighted by Gasteiger charge is 2.22. The van der Waals surface area contributed by atoms with Crippen LogP contribution in [0.2, 0.25) is 0 Å². The lowest BCUT2D eigenvalue weighted by atomic mass is 10.1. The summed E-state index contributed by atoms with van der Waals surface area (Å²) in [6, 6.07) is 1.63. The first-order valence-electron chi connectivity index (χ1n) is 5.43. The van der Waals surface area contributed by atoms with E-state index in [4.69, 9.17) is 5.73 Å². The first kappa shape index (κ1) is 10.7. The number of amides is 1. The third-order valence-corrected chi connectivity index (χ3v) is 2.65. The summed E-state index contributed by atoms with van der Waals surface area (Å²) >= 11 is 0. The smallest absolute Gasteiger partial charge is 0.242 e. The van der Waals surface area contributed by atoms with Gasteiger partial charge in [-0.25, -0.2) is 4.98 Å². The van der Waals surface area contributed by atoms with Crippen LogP contribution in [0.15, 0.2) is 12.3 Å². The van der Waals surface area contributed by atoms with Crippen LogP contribution in [-0.4, -0.2) is 23.5 Å². The summed E-state index contributed by atoms with van der Waals surface area (Å²) in [6.45, 7) is 2.69. The monoisotopic (exact) mass is 220 g/mol. The number of nitrogens with one attached hydrogen (secondary N) is 2. The van der Waals surface area contributed by atoms with Crippen LogP contribution in [0.25, 0.3) is 0 Å². The van der Waals surface area contributed by atoms with E-state index in [9.17, 15) is 4.79 Å². The highest BCUT2D eigenvalue weighted by Crippen LogP contribution is 2.18. The molecule has 1 aliphatic heterocycles. The van der Waals surface area contributed by atoms with Gasteiger partial charge in [0.2, 0.25) is 5.91 Å². The van der Waals surface area contributed by atoms with Crippen molar-refractivity contribution in [1.29, 1.82) is 0 Å². The average Bonchev–Trinajstić information content (AvgIpc) is 2.25. The largest absolute Gasteiger partial charge is 0.396 e. The maximum Gasteiger partial charge on any atom is 0.242 e. The van der Waals surface area contributed by atoms with Gasteiger partial charge in [0.25, 0.3) is 0 Å². The van der Waals surface area contributed by atoms with E-state index in [-0.39, 0.29) is 11.9 Å². The standard InChI is InChI=1S/C11H16N4O/c1-7-5-8(12)10(14-6-7)15-9-3-2-4-13-11(9)16/h5-6,9H,2-4,12H2,1H3,(H,13,16)(H,14,15). The topological polar surface area (TPSA) is 80.0 Å². The fraction of sp³-hybridized carbons (Fsp3) is 0.455. The molecular formula is C11H16N4O. The maximum absolute atomic E-state index is 11.5. The molecule has 5 nitrogen and oxygen atoms in total. The molecule has 0 radical (unpaired) electrons. The van der Waals surface area contributed by atoms with Crippen LogP contribution in [0.1, 0.15) is 18.4 Å². The molecule has 0 bridgehead atoms. The Labute approximate surface area is 94.4 Å². The molecule has 0 saturated carbocycles. The molecule has 1 aromatic rings. The zero-order valence-corrected chi connectivity index (χ0v) is 9.29. The van der Waals surface area contributed by atoms with Crippen molar-refractivity contribution in [2.75, 3.05) is 17.6 Å². The summed E-state index contributed by atoms with van der Waals surface area (Å²) in [4.78, 5) is 15.7.